The van der Waals surface area contributed by atoms with Crippen molar-refractivity contribution in [2.75, 3.05) is 21.3 Å². The normalized spacial score (nSPS) is 10.8. The van der Waals surface area contributed by atoms with E-state index in [0.29, 0.717) is 35.2 Å². The highest BCUT2D eigenvalue weighted by Gasteiger charge is 2.23. The van der Waals surface area contributed by atoms with E-state index in [4.69, 9.17) is 14.2 Å². The van der Waals surface area contributed by atoms with Gasteiger partial charge in [-0.15, -0.1) is 5.10 Å². The van der Waals surface area contributed by atoms with E-state index in [1.165, 1.54) is 0 Å². The molecule has 4 aromatic carbocycles. The van der Waals surface area contributed by atoms with E-state index < -0.39 is 0 Å². The minimum atomic E-state index is -0.376. The molecular weight excluding hydrogens is 480 g/mol. The van der Waals surface area contributed by atoms with Crippen molar-refractivity contribution in [3.63, 3.8) is 0 Å². The number of ether oxygens (including phenoxy) is 3. The number of rotatable bonds is 8. The molecule has 0 atom stereocenters. The molecule has 8 heteroatoms. The number of amides is 1. The molecule has 0 spiro atoms. The first-order valence-electron chi connectivity index (χ1n) is 12.1. The van der Waals surface area contributed by atoms with Gasteiger partial charge in [-0.05, 0) is 36.1 Å². The van der Waals surface area contributed by atoms with Crippen molar-refractivity contribution in [1.29, 1.82) is 0 Å². The fraction of sp³-hybridized carbons (Fsp3) is 0.167. The smallest absolute Gasteiger partial charge is 0.291 e. The summed E-state index contributed by atoms with van der Waals surface area (Å²) in [4.78, 5) is 17.9. The topological polar surface area (TPSA) is 87.5 Å². The number of aromatic nitrogens is 3. The van der Waals surface area contributed by atoms with Gasteiger partial charge in [0.1, 0.15) is 0 Å². The van der Waals surface area contributed by atoms with Gasteiger partial charge in [0.2, 0.25) is 11.6 Å². The molecule has 1 amide bonds. The standard InChI is InChI=1S/C30H28N4O4/c1-19-9-7-10-20(15-19)18-31-30(35)28-32-29(22-16-25(36-2)27(38-4)26(17-22)37-3)34(33-28)24-14-8-12-21-11-5-6-13-23(21)24/h5-17H,18H2,1-4H3,(H,31,35). The summed E-state index contributed by atoms with van der Waals surface area (Å²) >= 11 is 0. The van der Waals surface area contributed by atoms with Gasteiger partial charge >= 0.3 is 0 Å². The van der Waals surface area contributed by atoms with Crippen LogP contribution in [0.3, 0.4) is 0 Å². The zero-order valence-electron chi connectivity index (χ0n) is 21.7. The van der Waals surface area contributed by atoms with Gasteiger partial charge in [0, 0.05) is 17.5 Å². The molecule has 0 aliphatic rings. The number of benzene rings is 4. The predicted molar refractivity (Wildman–Crippen MR) is 146 cm³/mol. The second-order valence-electron chi connectivity index (χ2n) is 8.75. The van der Waals surface area contributed by atoms with Crippen LogP contribution in [0.15, 0.2) is 78.9 Å². The van der Waals surface area contributed by atoms with Gasteiger partial charge in [0.15, 0.2) is 17.3 Å². The number of hydrogen-bond donors (Lipinski definition) is 1. The minimum Gasteiger partial charge on any atom is -0.493 e. The summed E-state index contributed by atoms with van der Waals surface area (Å²) in [5.74, 6) is 1.54. The molecule has 0 saturated carbocycles. The Bertz CT molecular complexity index is 1600. The minimum absolute atomic E-state index is 0.0503. The fourth-order valence-corrected chi connectivity index (χ4v) is 4.45. The summed E-state index contributed by atoms with van der Waals surface area (Å²) in [5.41, 5.74) is 3.56. The van der Waals surface area contributed by atoms with Crippen LogP contribution in [0.1, 0.15) is 21.7 Å². The molecule has 5 aromatic rings. The van der Waals surface area contributed by atoms with Crippen molar-refractivity contribution in [3.8, 4) is 34.3 Å². The molecule has 0 fully saturated rings. The monoisotopic (exact) mass is 508 g/mol. The Morgan fingerprint density at radius 1 is 0.868 bits per heavy atom. The number of hydrogen-bond acceptors (Lipinski definition) is 6. The quantitative estimate of drug-likeness (QED) is 0.304. The fourth-order valence-electron chi connectivity index (χ4n) is 4.45. The maximum absolute atomic E-state index is 13.2. The summed E-state index contributed by atoms with van der Waals surface area (Å²) in [5, 5.41) is 9.63. The van der Waals surface area contributed by atoms with Crippen LogP contribution in [0.4, 0.5) is 0 Å². The Kier molecular flexibility index (Phi) is 6.95. The summed E-state index contributed by atoms with van der Waals surface area (Å²) < 4.78 is 18.3. The van der Waals surface area contributed by atoms with Crippen molar-refractivity contribution >= 4 is 16.7 Å². The third kappa shape index (κ3) is 4.76. The lowest BCUT2D eigenvalue weighted by atomic mass is 10.1. The lowest BCUT2D eigenvalue weighted by Gasteiger charge is -2.15. The number of carbonyl (C=O) groups is 1. The average molecular weight is 509 g/mol. The lowest BCUT2D eigenvalue weighted by Crippen LogP contribution is -2.24. The molecule has 192 valence electrons. The third-order valence-electron chi connectivity index (χ3n) is 6.26. The van der Waals surface area contributed by atoms with Gasteiger partial charge in [0.05, 0.1) is 27.0 Å². The second-order valence-corrected chi connectivity index (χ2v) is 8.75. The molecule has 0 saturated heterocycles. The molecule has 0 bridgehead atoms. The molecule has 38 heavy (non-hydrogen) atoms. The predicted octanol–water partition coefficient (Wildman–Crippen LogP) is 5.35. The Balaban J connectivity index is 1.63. The van der Waals surface area contributed by atoms with E-state index in [9.17, 15) is 4.79 Å². The van der Waals surface area contributed by atoms with Crippen LogP contribution in [0.2, 0.25) is 0 Å². The summed E-state index contributed by atoms with van der Waals surface area (Å²) in [6.45, 7) is 2.38. The third-order valence-corrected chi connectivity index (χ3v) is 6.26. The highest BCUT2D eigenvalue weighted by Crippen LogP contribution is 2.41. The van der Waals surface area contributed by atoms with Crippen molar-refractivity contribution in [2.45, 2.75) is 13.5 Å². The number of nitrogens with zero attached hydrogens (tertiary/aromatic N) is 3. The molecule has 1 aromatic heterocycles. The first-order valence-corrected chi connectivity index (χ1v) is 12.1. The zero-order valence-corrected chi connectivity index (χ0v) is 21.7. The number of carbonyl (C=O) groups excluding carboxylic acids is 1. The number of nitrogens with one attached hydrogen (secondary N) is 1. The van der Waals surface area contributed by atoms with Crippen molar-refractivity contribution in [2.24, 2.45) is 0 Å². The van der Waals surface area contributed by atoms with Crippen molar-refractivity contribution < 1.29 is 19.0 Å². The van der Waals surface area contributed by atoms with Crippen molar-refractivity contribution in [1.82, 2.24) is 20.1 Å². The van der Waals surface area contributed by atoms with Gasteiger partial charge < -0.3 is 19.5 Å². The Labute approximate surface area is 220 Å². The Morgan fingerprint density at radius 3 is 2.29 bits per heavy atom. The van der Waals surface area contributed by atoms with Gasteiger partial charge in [-0.2, -0.15) is 0 Å². The zero-order chi connectivity index (χ0) is 26.6. The van der Waals surface area contributed by atoms with E-state index in [2.05, 4.69) is 15.4 Å². The van der Waals surface area contributed by atoms with E-state index >= 15 is 0 Å². The van der Waals surface area contributed by atoms with Crippen LogP contribution in [0, 0.1) is 6.92 Å². The molecule has 0 aliphatic heterocycles. The number of aryl methyl sites for hydroxylation is 1. The van der Waals surface area contributed by atoms with Gasteiger partial charge in [-0.3, -0.25) is 4.79 Å². The first-order chi connectivity index (χ1) is 18.5. The largest absolute Gasteiger partial charge is 0.493 e. The molecule has 0 aliphatic carbocycles. The molecule has 5 rings (SSSR count). The highest BCUT2D eigenvalue weighted by atomic mass is 16.5. The van der Waals surface area contributed by atoms with Crippen LogP contribution in [0.5, 0.6) is 17.2 Å². The molecule has 1 heterocycles. The summed E-state index contributed by atoms with van der Waals surface area (Å²) in [6.07, 6.45) is 0. The second kappa shape index (κ2) is 10.6. The average Bonchev–Trinajstić information content (AvgIpc) is 3.40. The van der Waals surface area contributed by atoms with Crippen LogP contribution in [-0.2, 0) is 6.54 Å². The number of methoxy groups -OCH3 is 3. The molecule has 1 N–H and O–H groups in total. The Morgan fingerprint density at radius 2 is 1.58 bits per heavy atom. The molecular formula is C30H28N4O4. The van der Waals surface area contributed by atoms with Crippen LogP contribution in [0.25, 0.3) is 27.8 Å². The maximum Gasteiger partial charge on any atom is 0.291 e. The van der Waals surface area contributed by atoms with Crippen LogP contribution in [-0.4, -0.2) is 42.0 Å². The number of fused-ring (bicyclic) bond motifs is 1. The lowest BCUT2D eigenvalue weighted by molar-refractivity contribution is 0.0940. The Hall–Kier alpha value is -4.85. The SMILES string of the molecule is COc1cc(-c2nc(C(=O)NCc3cccc(C)c3)nn2-c2cccc3ccccc23)cc(OC)c1OC. The van der Waals surface area contributed by atoms with Crippen molar-refractivity contribution in [3.05, 3.63) is 95.8 Å². The van der Waals surface area contributed by atoms with E-state index in [1.54, 1.807) is 38.1 Å². The summed E-state index contributed by atoms with van der Waals surface area (Å²) in [6, 6.07) is 25.5. The highest BCUT2D eigenvalue weighted by molar-refractivity contribution is 5.93. The van der Waals surface area contributed by atoms with Crippen LogP contribution < -0.4 is 19.5 Å². The van der Waals surface area contributed by atoms with Gasteiger partial charge in [-0.25, -0.2) is 9.67 Å². The molecule has 8 nitrogen and oxygen atoms in total. The van der Waals surface area contributed by atoms with Gasteiger partial charge in [0.25, 0.3) is 5.91 Å². The molecule has 0 unspecified atom stereocenters. The van der Waals surface area contributed by atoms with E-state index in [1.807, 2.05) is 73.7 Å². The summed E-state index contributed by atoms with van der Waals surface area (Å²) in [7, 11) is 4.66. The maximum atomic E-state index is 13.2. The van der Waals surface area contributed by atoms with Gasteiger partial charge in [-0.1, -0.05) is 66.2 Å². The molecule has 0 radical (unpaired) electrons. The first kappa shape index (κ1) is 24.8. The van der Waals surface area contributed by atoms with E-state index in [0.717, 1.165) is 27.6 Å². The van der Waals surface area contributed by atoms with Crippen LogP contribution >= 0.6 is 0 Å². The van der Waals surface area contributed by atoms with E-state index in [-0.39, 0.29) is 11.7 Å².